The van der Waals surface area contributed by atoms with Crippen LogP contribution in [0.2, 0.25) is 0 Å². The largest absolute Gasteiger partial charge is 0.294 e. The average Bonchev–Trinajstić information content (AvgIpc) is 2.93. The summed E-state index contributed by atoms with van der Waals surface area (Å²) < 4.78 is 0. The fourth-order valence-electron chi connectivity index (χ4n) is 6.51. The maximum Gasteiger partial charge on any atom is 0.160 e. The van der Waals surface area contributed by atoms with Gasteiger partial charge in [0.05, 0.1) is 0 Å². The zero-order chi connectivity index (χ0) is 27.9. The van der Waals surface area contributed by atoms with Gasteiger partial charge in [-0.3, -0.25) is 4.79 Å². The van der Waals surface area contributed by atoms with E-state index in [1.165, 1.54) is 69.1 Å². The number of unbranched alkanes of at least 4 members (excludes halogenated alkanes) is 2. The lowest BCUT2D eigenvalue weighted by molar-refractivity contribution is -0.116. The molecule has 0 spiro atoms. The van der Waals surface area contributed by atoms with Gasteiger partial charge in [0, 0.05) is 17.9 Å². The number of allylic oxidation sites excluding steroid dienone is 8. The topological polar surface area (TPSA) is 17.1 Å². The third-order valence-electron chi connectivity index (χ3n) is 8.65. The molecule has 3 unspecified atom stereocenters. The van der Waals surface area contributed by atoms with Crippen LogP contribution >= 0.6 is 9.24 Å². The Labute approximate surface area is 239 Å². The first-order valence-corrected chi connectivity index (χ1v) is 15.7. The summed E-state index contributed by atoms with van der Waals surface area (Å²) in [5, 5.41) is 1.22. The SMILES string of the molecule is C/C=C\C=C(/CCC)C1=C(C)CC(c2ccc(C)c(P)c2)C2=C1CC(c1ccc(CCCCC)cc1)CC2=O. The minimum Gasteiger partial charge on any atom is -0.294 e. The summed E-state index contributed by atoms with van der Waals surface area (Å²) in [7, 11) is 2.88. The number of carbonyl (C=O) groups is 1. The number of rotatable bonds is 10. The van der Waals surface area contributed by atoms with Crippen molar-refractivity contribution < 1.29 is 4.79 Å². The van der Waals surface area contributed by atoms with Crippen LogP contribution in [0.25, 0.3) is 0 Å². The highest BCUT2D eigenvalue weighted by Crippen LogP contribution is 2.50. The second-order valence-electron chi connectivity index (χ2n) is 11.6. The van der Waals surface area contributed by atoms with E-state index in [2.05, 4.69) is 105 Å². The van der Waals surface area contributed by atoms with Crippen molar-refractivity contribution in [3.8, 4) is 0 Å². The van der Waals surface area contributed by atoms with Gasteiger partial charge in [0.25, 0.3) is 0 Å². The molecule has 0 aromatic heterocycles. The van der Waals surface area contributed by atoms with E-state index in [0.29, 0.717) is 12.2 Å². The van der Waals surface area contributed by atoms with Crippen LogP contribution in [-0.2, 0) is 11.2 Å². The summed E-state index contributed by atoms with van der Waals surface area (Å²) in [4.78, 5) is 14.1. The van der Waals surface area contributed by atoms with Crippen molar-refractivity contribution in [1.29, 1.82) is 0 Å². The predicted molar refractivity (Wildman–Crippen MR) is 172 cm³/mol. The number of hydrogen-bond donors (Lipinski definition) is 0. The van der Waals surface area contributed by atoms with Crippen molar-refractivity contribution >= 4 is 20.3 Å². The van der Waals surface area contributed by atoms with Crippen LogP contribution in [0, 0.1) is 6.92 Å². The van der Waals surface area contributed by atoms with E-state index in [1.807, 2.05) is 0 Å². The van der Waals surface area contributed by atoms with Gasteiger partial charge in [0.2, 0.25) is 0 Å². The molecule has 2 aromatic carbocycles. The Bertz CT molecular complexity index is 1300. The van der Waals surface area contributed by atoms with Crippen molar-refractivity contribution in [2.24, 2.45) is 0 Å². The number of carbonyl (C=O) groups excluding carboxylic acids is 1. The van der Waals surface area contributed by atoms with Crippen molar-refractivity contribution in [3.63, 3.8) is 0 Å². The number of benzene rings is 2. The highest BCUT2D eigenvalue weighted by atomic mass is 31.0. The predicted octanol–water partition coefficient (Wildman–Crippen LogP) is 9.78. The Hall–Kier alpha value is -2.50. The van der Waals surface area contributed by atoms with Crippen LogP contribution in [0.4, 0.5) is 0 Å². The Kier molecular flexibility index (Phi) is 10.4. The molecule has 39 heavy (non-hydrogen) atoms. The van der Waals surface area contributed by atoms with Crippen molar-refractivity contribution in [1.82, 2.24) is 0 Å². The van der Waals surface area contributed by atoms with E-state index in [9.17, 15) is 4.79 Å². The van der Waals surface area contributed by atoms with Gasteiger partial charge >= 0.3 is 0 Å². The standard InChI is InChI=1S/C37H47OP/c1-6-9-11-13-27-16-19-28(20-17-27)31-22-33-36(29(12-8-3)14-10-7-2)26(5)21-32(37(33)34(38)23-31)30-18-15-25(4)35(39)24-30/h7,10,14-20,24,31-32H,6,8-9,11-13,21-23,39H2,1-5H3/b10-7-,29-14+. The minimum absolute atomic E-state index is 0.141. The Morgan fingerprint density at radius 2 is 1.69 bits per heavy atom. The van der Waals surface area contributed by atoms with Gasteiger partial charge < -0.3 is 0 Å². The highest BCUT2D eigenvalue weighted by molar-refractivity contribution is 7.27. The zero-order valence-corrected chi connectivity index (χ0v) is 25.9. The molecule has 0 saturated heterocycles. The van der Waals surface area contributed by atoms with E-state index in [1.54, 1.807) is 0 Å². The second-order valence-corrected chi connectivity index (χ2v) is 12.2. The maximum absolute atomic E-state index is 14.1. The van der Waals surface area contributed by atoms with Gasteiger partial charge in [0.15, 0.2) is 5.78 Å². The van der Waals surface area contributed by atoms with Crippen LogP contribution in [-0.4, -0.2) is 5.78 Å². The molecule has 0 fully saturated rings. The van der Waals surface area contributed by atoms with Crippen LogP contribution < -0.4 is 5.30 Å². The average molecular weight is 539 g/mol. The Morgan fingerprint density at radius 1 is 0.949 bits per heavy atom. The molecule has 0 bridgehead atoms. The molecule has 4 rings (SSSR count). The lowest BCUT2D eigenvalue weighted by Crippen LogP contribution is -2.27. The van der Waals surface area contributed by atoms with Gasteiger partial charge in [-0.2, -0.15) is 0 Å². The van der Waals surface area contributed by atoms with E-state index in [0.717, 1.165) is 37.7 Å². The molecule has 0 saturated carbocycles. The van der Waals surface area contributed by atoms with Crippen LogP contribution in [0.15, 0.2) is 88.6 Å². The lowest BCUT2D eigenvalue weighted by Gasteiger charge is -2.38. The number of aryl methyl sites for hydroxylation is 2. The van der Waals surface area contributed by atoms with Crippen molar-refractivity contribution in [2.75, 3.05) is 0 Å². The van der Waals surface area contributed by atoms with E-state index in [4.69, 9.17) is 0 Å². The lowest BCUT2D eigenvalue weighted by atomic mass is 9.65. The molecular formula is C37H47OP. The summed E-state index contributed by atoms with van der Waals surface area (Å²) in [6.07, 6.45) is 16.1. The molecule has 2 heteroatoms. The van der Waals surface area contributed by atoms with Crippen LogP contribution in [0.1, 0.15) is 113 Å². The van der Waals surface area contributed by atoms with E-state index < -0.39 is 0 Å². The second kappa shape index (κ2) is 13.7. The molecule has 206 valence electrons. The van der Waals surface area contributed by atoms with E-state index >= 15 is 0 Å². The fourth-order valence-corrected chi connectivity index (χ4v) is 6.80. The summed E-state index contributed by atoms with van der Waals surface area (Å²) in [5.41, 5.74) is 11.8. The highest BCUT2D eigenvalue weighted by Gasteiger charge is 2.38. The summed E-state index contributed by atoms with van der Waals surface area (Å²) in [5.74, 6) is 0.723. The molecule has 1 nitrogen and oxygen atoms in total. The minimum atomic E-state index is 0.141. The molecule has 2 aliphatic rings. The molecular weight excluding hydrogens is 491 g/mol. The normalized spacial score (nSPS) is 20.3. The smallest absolute Gasteiger partial charge is 0.160 e. The third kappa shape index (κ3) is 6.81. The van der Waals surface area contributed by atoms with Gasteiger partial charge in [-0.15, -0.1) is 9.24 Å². The molecule has 0 amide bonds. The van der Waals surface area contributed by atoms with Crippen LogP contribution in [0.5, 0.6) is 0 Å². The fraction of sp³-hybridized carbons (Fsp3) is 0.432. The number of Topliss-reactive ketones (excluding diaryl/α,β-unsaturated/α-hetero) is 1. The Balaban J connectivity index is 1.77. The number of hydrogen-bond acceptors (Lipinski definition) is 1. The third-order valence-corrected chi connectivity index (χ3v) is 9.27. The zero-order valence-electron chi connectivity index (χ0n) is 24.8. The summed E-state index contributed by atoms with van der Waals surface area (Å²) in [6.45, 7) is 11.0. The summed E-state index contributed by atoms with van der Waals surface area (Å²) in [6, 6.07) is 15.9. The summed E-state index contributed by atoms with van der Waals surface area (Å²) >= 11 is 0. The monoisotopic (exact) mass is 538 g/mol. The molecule has 0 heterocycles. The van der Waals surface area contributed by atoms with Gasteiger partial charge in [0.1, 0.15) is 0 Å². The van der Waals surface area contributed by atoms with Crippen molar-refractivity contribution in [3.05, 3.63) is 111 Å². The first kappa shape index (κ1) is 29.5. The van der Waals surface area contributed by atoms with E-state index in [-0.39, 0.29) is 11.8 Å². The first-order chi connectivity index (χ1) is 18.9. The van der Waals surface area contributed by atoms with Crippen LogP contribution in [0.3, 0.4) is 0 Å². The Morgan fingerprint density at radius 3 is 2.36 bits per heavy atom. The van der Waals surface area contributed by atoms with Crippen molar-refractivity contribution in [2.45, 2.75) is 104 Å². The first-order valence-electron chi connectivity index (χ1n) is 15.1. The molecule has 0 radical (unpaired) electrons. The number of ketones is 1. The molecule has 0 N–H and O–H groups in total. The molecule has 3 atom stereocenters. The molecule has 0 aliphatic heterocycles. The van der Waals surface area contributed by atoms with Gasteiger partial charge in [-0.1, -0.05) is 99.4 Å². The van der Waals surface area contributed by atoms with Gasteiger partial charge in [-0.05, 0) is 103 Å². The maximum atomic E-state index is 14.1. The molecule has 2 aromatic rings. The van der Waals surface area contributed by atoms with Gasteiger partial charge in [-0.25, -0.2) is 0 Å². The quantitative estimate of drug-likeness (QED) is 0.167. The molecule has 2 aliphatic carbocycles.